The van der Waals surface area contributed by atoms with Crippen LogP contribution in [0.1, 0.15) is 13.3 Å². The summed E-state index contributed by atoms with van der Waals surface area (Å²) in [4.78, 5) is 0. The Morgan fingerprint density at radius 1 is 1.50 bits per heavy atom. The van der Waals surface area contributed by atoms with Crippen molar-refractivity contribution in [2.45, 2.75) is 24.8 Å². The minimum atomic E-state index is -3.96. The van der Waals surface area contributed by atoms with Gasteiger partial charge in [0.25, 0.3) is 10.1 Å². The molecule has 0 saturated heterocycles. The van der Waals surface area contributed by atoms with E-state index in [-0.39, 0.29) is 6.42 Å². The van der Waals surface area contributed by atoms with E-state index >= 15 is 0 Å². The van der Waals surface area contributed by atoms with Crippen molar-refractivity contribution in [3.8, 4) is 0 Å². The van der Waals surface area contributed by atoms with E-state index in [0.717, 1.165) is 0 Å². The molecule has 1 unspecified atom stereocenters. The lowest BCUT2D eigenvalue weighted by molar-refractivity contribution is 0.459. The summed E-state index contributed by atoms with van der Waals surface area (Å²) in [7, 11) is -3.96. The third-order valence-corrected chi connectivity index (χ3v) is 2.32. The van der Waals surface area contributed by atoms with Gasteiger partial charge < -0.3 is 11.5 Å². The first kappa shape index (κ1) is 9.83. The molecule has 0 aliphatic heterocycles. The Bertz CT molecular complexity index is 187. The Balaban J connectivity index is 3.99. The summed E-state index contributed by atoms with van der Waals surface area (Å²) in [6, 6.07) is 0. The van der Waals surface area contributed by atoms with Crippen molar-refractivity contribution in [3.05, 3.63) is 0 Å². The molecule has 5 nitrogen and oxygen atoms in total. The fourth-order valence-electron chi connectivity index (χ4n) is 0.505. The quantitative estimate of drug-likeness (QED) is 0.366. The molecule has 1 atom stereocenters. The average Bonchev–Trinajstić information content (AvgIpc) is 1.60. The fraction of sp³-hybridized carbons (Fsp3) is 1.00. The summed E-state index contributed by atoms with van der Waals surface area (Å²) in [5, 5.41) is -0.882. The van der Waals surface area contributed by atoms with Gasteiger partial charge >= 0.3 is 0 Å². The molecule has 0 heterocycles. The molecule has 0 rings (SSSR count). The molecule has 0 saturated carbocycles. The molecule has 0 radical (unpaired) electrons. The van der Waals surface area contributed by atoms with Crippen molar-refractivity contribution < 1.29 is 13.0 Å². The zero-order chi connectivity index (χ0) is 8.36. The van der Waals surface area contributed by atoms with Crippen molar-refractivity contribution >= 4 is 10.1 Å². The molecule has 0 fully saturated rings. The Kier molecular flexibility index (Phi) is 3.23. The second-order valence-corrected chi connectivity index (χ2v) is 4.06. The lowest BCUT2D eigenvalue weighted by atomic mass is 10.3. The summed E-state index contributed by atoms with van der Waals surface area (Å²) in [6.45, 7) is 1.35. The van der Waals surface area contributed by atoms with Crippen LogP contribution in [0.25, 0.3) is 0 Å². The van der Waals surface area contributed by atoms with Crippen LogP contribution in [0.15, 0.2) is 0 Å². The Morgan fingerprint density at radius 2 is 1.90 bits per heavy atom. The van der Waals surface area contributed by atoms with Gasteiger partial charge in [-0.2, -0.15) is 8.42 Å². The molecular formula is C4H12N2O3S. The second-order valence-electron chi connectivity index (χ2n) is 2.23. The first-order chi connectivity index (χ1) is 4.34. The van der Waals surface area contributed by atoms with Gasteiger partial charge in [-0.15, -0.1) is 0 Å². The van der Waals surface area contributed by atoms with E-state index in [1.165, 1.54) is 6.92 Å². The molecule has 0 amide bonds. The fourth-order valence-corrected chi connectivity index (χ4v) is 0.970. The van der Waals surface area contributed by atoms with Crippen LogP contribution in [0.4, 0.5) is 0 Å². The van der Waals surface area contributed by atoms with Gasteiger partial charge in [0.15, 0.2) is 0 Å². The van der Waals surface area contributed by atoms with Gasteiger partial charge in [-0.25, -0.2) is 0 Å². The van der Waals surface area contributed by atoms with Gasteiger partial charge in [-0.1, -0.05) is 0 Å². The van der Waals surface area contributed by atoms with E-state index in [1.54, 1.807) is 0 Å². The topological polar surface area (TPSA) is 106 Å². The largest absolute Gasteiger partial charge is 0.316 e. The summed E-state index contributed by atoms with van der Waals surface area (Å²) < 4.78 is 29.0. The number of nitrogens with two attached hydrogens (primary N) is 2. The van der Waals surface area contributed by atoms with Crippen LogP contribution in [0.5, 0.6) is 0 Å². The van der Waals surface area contributed by atoms with Gasteiger partial charge in [0.2, 0.25) is 0 Å². The molecule has 0 aromatic rings. The van der Waals surface area contributed by atoms with Crippen LogP contribution in [-0.4, -0.2) is 24.4 Å². The number of rotatable bonds is 3. The maximum Gasteiger partial charge on any atom is 0.267 e. The predicted octanol–water partition coefficient (Wildman–Crippen LogP) is -1.10. The molecule has 62 valence electrons. The zero-order valence-corrected chi connectivity index (χ0v) is 6.50. The van der Waals surface area contributed by atoms with E-state index in [2.05, 4.69) is 0 Å². The van der Waals surface area contributed by atoms with Gasteiger partial charge in [0.05, 0.1) is 11.4 Å². The summed E-state index contributed by atoms with van der Waals surface area (Å²) in [6.07, 6.45) is -0.629. The minimum absolute atomic E-state index is 0.0683. The molecule has 6 heteroatoms. The molecule has 0 aromatic carbocycles. The van der Waals surface area contributed by atoms with E-state index in [0.29, 0.717) is 0 Å². The van der Waals surface area contributed by atoms with E-state index in [9.17, 15) is 8.42 Å². The standard InChI is InChI=1S/C4H12N2O3S/c1-3(2-4(5)6)10(7,8)9/h3-4H,2,5-6H2,1H3,(H,7,8,9). The van der Waals surface area contributed by atoms with Crippen molar-refractivity contribution in [1.82, 2.24) is 0 Å². The maximum atomic E-state index is 10.3. The summed E-state index contributed by atoms with van der Waals surface area (Å²) >= 11 is 0. The Labute approximate surface area is 60.1 Å². The lowest BCUT2D eigenvalue weighted by Gasteiger charge is -2.09. The van der Waals surface area contributed by atoms with Gasteiger partial charge in [-0.05, 0) is 13.3 Å². The average molecular weight is 168 g/mol. The smallest absolute Gasteiger partial charge is 0.267 e. The molecule has 5 N–H and O–H groups in total. The first-order valence-electron chi connectivity index (χ1n) is 2.81. The van der Waals surface area contributed by atoms with E-state index in [4.69, 9.17) is 16.0 Å². The van der Waals surface area contributed by atoms with Gasteiger partial charge in [-0.3, -0.25) is 4.55 Å². The molecular weight excluding hydrogens is 156 g/mol. The van der Waals surface area contributed by atoms with Crippen LogP contribution in [-0.2, 0) is 10.1 Å². The summed E-state index contributed by atoms with van der Waals surface area (Å²) in [5.74, 6) is 0. The van der Waals surface area contributed by atoms with Crippen molar-refractivity contribution in [1.29, 1.82) is 0 Å². The van der Waals surface area contributed by atoms with Gasteiger partial charge in [0.1, 0.15) is 0 Å². The van der Waals surface area contributed by atoms with Crippen LogP contribution >= 0.6 is 0 Å². The number of hydrogen-bond donors (Lipinski definition) is 3. The zero-order valence-electron chi connectivity index (χ0n) is 5.69. The SMILES string of the molecule is CC(CC(N)N)S(=O)(=O)O. The normalized spacial score (nSPS) is 15.7. The number of hydrogen-bond acceptors (Lipinski definition) is 4. The highest BCUT2D eigenvalue weighted by atomic mass is 32.2. The monoisotopic (exact) mass is 168 g/mol. The van der Waals surface area contributed by atoms with E-state index in [1.807, 2.05) is 0 Å². The second kappa shape index (κ2) is 3.29. The van der Waals surface area contributed by atoms with E-state index < -0.39 is 21.5 Å². The maximum absolute atomic E-state index is 10.3. The van der Waals surface area contributed by atoms with Crippen LogP contribution < -0.4 is 11.5 Å². The van der Waals surface area contributed by atoms with Crippen molar-refractivity contribution in [3.63, 3.8) is 0 Å². The van der Waals surface area contributed by atoms with Crippen LogP contribution in [0, 0.1) is 0 Å². The van der Waals surface area contributed by atoms with Crippen LogP contribution in [0.3, 0.4) is 0 Å². The van der Waals surface area contributed by atoms with Crippen molar-refractivity contribution in [2.75, 3.05) is 0 Å². The Morgan fingerprint density at radius 3 is 2.00 bits per heavy atom. The predicted molar refractivity (Wildman–Crippen MR) is 37.8 cm³/mol. The Hall–Kier alpha value is -0.170. The highest BCUT2D eigenvalue weighted by Crippen LogP contribution is 2.02. The van der Waals surface area contributed by atoms with Crippen molar-refractivity contribution in [2.24, 2.45) is 11.5 Å². The molecule has 0 bridgehead atoms. The molecule has 0 aliphatic carbocycles. The first-order valence-corrected chi connectivity index (χ1v) is 4.32. The van der Waals surface area contributed by atoms with Gasteiger partial charge in [0, 0.05) is 0 Å². The summed E-state index contributed by atoms with van der Waals surface area (Å²) in [5.41, 5.74) is 10.2. The molecule has 0 aromatic heterocycles. The third-order valence-electron chi connectivity index (χ3n) is 1.11. The highest BCUT2D eigenvalue weighted by Gasteiger charge is 2.18. The highest BCUT2D eigenvalue weighted by molar-refractivity contribution is 7.86. The molecule has 10 heavy (non-hydrogen) atoms. The lowest BCUT2D eigenvalue weighted by Crippen LogP contribution is -2.36. The molecule has 0 spiro atoms. The van der Waals surface area contributed by atoms with Crippen LogP contribution in [0.2, 0.25) is 0 Å². The molecule has 0 aliphatic rings. The third kappa shape index (κ3) is 3.78. The minimum Gasteiger partial charge on any atom is -0.316 e.